The van der Waals surface area contributed by atoms with E-state index in [1.54, 1.807) is 14.2 Å². The molecule has 0 fully saturated rings. The second-order valence-corrected chi connectivity index (χ2v) is 5.35. The van der Waals surface area contributed by atoms with Gasteiger partial charge in [-0.15, -0.1) is 24.0 Å². The smallest absolute Gasteiger partial charge is 0.191 e. The first kappa shape index (κ1) is 24.1. The monoisotopic (exact) mass is 485 g/mol. The van der Waals surface area contributed by atoms with Crippen molar-refractivity contribution in [1.29, 1.82) is 0 Å². The number of nitrogens with one attached hydrogen (secondary N) is 2. The van der Waals surface area contributed by atoms with Crippen LogP contribution < -0.4 is 20.1 Å². The molecule has 0 saturated heterocycles. The second kappa shape index (κ2) is 14.3. The van der Waals surface area contributed by atoms with Crippen LogP contribution in [0.25, 0.3) is 0 Å². The van der Waals surface area contributed by atoms with Gasteiger partial charge in [0.05, 0.1) is 18.7 Å². The molecule has 2 N–H and O–H groups in total. The van der Waals surface area contributed by atoms with Crippen molar-refractivity contribution >= 4 is 41.5 Å². The highest BCUT2D eigenvalue weighted by atomic mass is 127. The van der Waals surface area contributed by atoms with Gasteiger partial charge in [-0.2, -0.15) is 0 Å². The van der Waals surface area contributed by atoms with Crippen LogP contribution in [0.1, 0.15) is 25.8 Å². The van der Waals surface area contributed by atoms with Crippen molar-refractivity contribution in [3.05, 3.63) is 22.7 Å². The Bertz CT molecular complexity index is 530. The van der Waals surface area contributed by atoms with E-state index in [0.29, 0.717) is 29.7 Å². The molecule has 0 unspecified atom stereocenters. The summed E-state index contributed by atoms with van der Waals surface area (Å²) in [6.07, 6.45) is 0.928. The Kier molecular flexibility index (Phi) is 13.7. The van der Waals surface area contributed by atoms with Crippen LogP contribution in [0.15, 0.2) is 17.1 Å². The van der Waals surface area contributed by atoms with Crippen molar-refractivity contribution in [2.24, 2.45) is 4.99 Å². The van der Waals surface area contributed by atoms with Gasteiger partial charge >= 0.3 is 0 Å². The zero-order valence-corrected chi connectivity index (χ0v) is 18.4. The number of nitrogens with zero attached hydrogens (tertiary/aromatic N) is 1. The lowest BCUT2D eigenvalue weighted by molar-refractivity contribution is 0.145. The standard InChI is InChI=1S/C17H28ClN3O3.HI/c1-5-23-9-7-8-20-17(19-3)21-12-13-10-14(18)16(24-6-2)15(11-13)22-4;/h10-11H,5-9,12H2,1-4H3,(H2,19,20,21);1H. The summed E-state index contributed by atoms with van der Waals surface area (Å²) >= 11 is 6.28. The molecule has 0 aliphatic heterocycles. The number of aliphatic imine (C=N–C) groups is 1. The minimum atomic E-state index is 0. The molecule has 1 aromatic rings. The number of guanidine groups is 1. The number of methoxy groups -OCH3 is 1. The SMILES string of the molecule is CCOCCCNC(=NC)NCc1cc(Cl)c(OCC)c(OC)c1.I. The van der Waals surface area contributed by atoms with Crippen LogP contribution >= 0.6 is 35.6 Å². The zero-order valence-electron chi connectivity index (χ0n) is 15.4. The van der Waals surface area contributed by atoms with E-state index in [9.17, 15) is 0 Å². The molecule has 0 radical (unpaired) electrons. The third-order valence-electron chi connectivity index (χ3n) is 3.22. The molecule has 1 aromatic carbocycles. The highest BCUT2D eigenvalue weighted by molar-refractivity contribution is 14.0. The summed E-state index contributed by atoms with van der Waals surface area (Å²) in [7, 11) is 3.34. The van der Waals surface area contributed by atoms with E-state index in [0.717, 1.165) is 37.7 Å². The summed E-state index contributed by atoms with van der Waals surface area (Å²) in [5.74, 6) is 1.93. The van der Waals surface area contributed by atoms with E-state index in [4.69, 9.17) is 25.8 Å². The average molecular weight is 486 g/mol. The van der Waals surface area contributed by atoms with Crippen molar-refractivity contribution in [1.82, 2.24) is 10.6 Å². The Balaban J connectivity index is 0.00000576. The predicted molar refractivity (Wildman–Crippen MR) is 114 cm³/mol. The first-order chi connectivity index (χ1) is 11.7. The van der Waals surface area contributed by atoms with Gasteiger partial charge in [0.25, 0.3) is 0 Å². The molecule has 25 heavy (non-hydrogen) atoms. The lowest BCUT2D eigenvalue weighted by Crippen LogP contribution is -2.37. The van der Waals surface area contributed by atoms with Crippen LogP contribution in [0.2, 0.25) is 5.02 Å². The molecular formula is C17H29ClIN3O3. The van der Waals surface area contributed by atoms with Crippen molar-refractivity contribution in [3.8, 4) is 11.5 Å². The van der Waals surface area contributed by atoms with Gasteiger partial charge in [-0.3, -0.25) is 4.99 Å². The van der Waals surface area contributed by atoms with Gasteiger partial charge < -0.3 is 24.8 Å². The predicted octanol–water partition coefficient (Wildman–Crippen LogP) is 3.46. The third kappa shape index (κ3) is 8.82. The number of hydrogen-bond acceptors (Lipinski definition) is 4. The van der Waals surface area contributed by atoms with Crippen molar-refractivity contribution in [3.63, 3.8) is 0 Å². The Hall–Kier alpha value is -0.930. The maximum absolute atomic E-state index is 6.28. The molecule has 144 valence electrons. The fourth-order valence-corrected chi connectivity index (χ4v) is 2.38. The molecule has 0 aliphatic rings. The average Bonchev–Trinajstić information content (AvgIpc) is 2.59. The quantitative estimate of drug-likeness (QED) is 0.230. The van der Waals surface area contributed by atoms with E-state index in [-0.39, 0.29) is 24.0 Å². The van der Waals surface area contributed by atoms with E-state index in [1.165, 1.54) is 0 Å². The van der Waals surface area contributed by atoms with Gasteiger partial charge in [-0.05, 0) is 38.0 Å². The Labute approximate surface area is 172 Å². The molecule has 0 aliphatic carbocycles. The van der Waals surface area contributed by atoms with Gasteiger partial charge in [-0.1, -0.05) is 11.6 Å². The molecule has 1 rings (SSSR count). The first-order valence-corrected chi connectivity index (χ1v) is 8.55. The fourth-order valence-electron chi connectivity index (χ4n) is 2.09. The molecule has 0 spiro atoms. The molecular weight excluding hydrogens is 457 g/mol. The van der Waals surface area contributed by atoms with Crippen LogP contribution in [0.3, 0.4) is 0 Å². The van der Waals surface area contributed by atoms with E-state index < -0.39 is 0 Å². The maximum atomic E-state index is 6.28. The molecule has 8 heteroatoms. The largest absolute Gasteiger partial charge is 0.493 e. The number of ether oxygens (including phenoxy) is 3. The van der Waals surface area contributed by atoms with Gasteiger partial charge in [0.1, 0.15) is 0 Å². The molecule has 6 nitrogen and oxygen atoms in total. The molecule has 0 heterocycles. The normalized spacial score (nSPS) is 10.8. The highest BCUT2D eigenvalue weighted by Gasteiger charge is 2.11. The Morgan fingerprint density at radius 3 is 2.56 bits per heavy atom. The van der Waals surface area contributed by atoms with Crippen molar-refractivity contribution in [2.45, 2.75) is 26.8 Å². The number of hydrogen-bond donors (Lipinski definition) is 2. The second-order valence-electron chi connectivity index (χ2n) is 4.95. The molecule has 0 bridgehead atoms. The van der Waals surface area contributed by atoms with Crippen molar-refractivity contribution in [2.75, 3.05) is 40.5 Å². The van der Waals surface area contributed by atoms with Crippen LogP contribution in [0.4, 0.5) is 0 Å². The zero-order chi connectivity index (χ0) is 17.8. The van der Waals surface area contributed by atoms with E-state index in [1.807, 2.05) is 26.0 Å². The van der Waals surface area contributed by atoms with Crippen LogP contribution in [0, 0.1) is 0 Å². The van der Waals surface area contributed by atoms with E-state index >= 15 is 0 Å². The molecule has 0 aromatic heterocycles. The topological polar surface area (TPSA) is 64.1 Å². The van der Waals surface area contributed by atoms with Gasteiger partial charge in [0, 0.05) is 33.4 Å². The minimum Gasteiger partial charge on any atom is -0.493 e. The third-order valence-corrected chi connectivity index (χ3v) is 3.50. The molecule has 0 atom stereocenters. The number of benzene rings is 1. The summed E-state index contributed by atoms with van der Waals surface area (Å²) in [6.45, 7) is 7.29. The van der Waals surface area contributed by atoms with Crippen LogP contribution in [-0.4, -0.2) is 46.5 Å². The van der Waals surface area contributed by atoms with Crippen molar-refractivity contribution < 1.29 is 14.2 Å². The summed E-state index contributed by atoms with van der Waals surface area (Å²) in [5.41, 5.74) is 0.984. The van der Waals surface area contributed by atoms with Gasteiger partial charge in [0.15, 0.2) is 17.5 Å². The summed E-state index contributed by atoms with van der Waals surface area (Å²) < 4.78 is 16.2. The molecule has 0 saturated carbocycles. The van der Waals surface area contributed by atoms with Crippen LogP contribution in [0.5, 0.6) is 11.5 Å². The minimum absolute atomic E-state index is 0. The first-order valence-electron chi connectivity index (χ1n) is 8.17. The number of rotatable bonds is 10. The van der Waals surface area contributed by atoms with Crippen LogP contribution in [-0.2, 0) is 11.3 Å². The molecule has 0 amide bonds. The van der Waals surface area contributed by atoms with Gasteiger partial charge in [-0.25, -0.2) is 0 Å². The summed E-state index contributed by atoms with van der Waals surface area (Å²) in [6, 6.07) is 3.77. The Morgan fingerprint density at radius 1 is 1.20 bits per heavy atom. The summed E-state index contributed by atoms with van der Waals surface area (Å²) in [5, 5.41) is 7.03. The number of halogens is 2. The lowest BCUT2D eigenvalue weighted by Gasteiger charge is -2.15. The fraction of sp³-hybridized carbons (Fsp3) is 0.588. The lowest BCUT2D eigenvalue weighted by atomic mass is 10.2. The summed E-state index contributed by atoms with van der Waals surface area (Å²) in [4.78, 5) is 4.20. The highest BCUT2D eigenvalue weighted by Crippen LogP contribution is 2.36. The van der Waals surface area contributed by atoms with E-state index in [2.05, 4.69) is 15.6 Å². The maximum Gasteiger partial charge on any atom is 0.191 e. The van der Waals surface area contributed by atoms with Gasteiger partial charge in [0.2, 0.25) is 0 Å². The Morgan fingerprint density at radius 2 is 1.96 bits per heavy atom.